The molecule has 1 aliphatic heterocycles. The van der Waals surface area contributed by atoms with Crippen LogP contribution in [0.3, 0.4) is 0 Å². The Morgan fingerprint density at radius 1 is 0.673 bits per heavy atom. The normalized spacial score (nSPS) is 22.8. The largest absolute Gasteiger partial charge is 0.394 e. The lowest BCUT2D eigenvalue weighted by Gasteiger charge is -2.40. The Kier molecular flexibility index (Phi) is 28.9. The van der Waals surface area contributed by atoms with Crippen molar-refractivity contribution in [3.05, 3.63) is 36.5 Å². The van der Waals surface area contributed by atoms with Crippen LogP contribution in [-0.4, -0.2) is 87.5 Å². The molecule has 6 N–H and O–H groups in total. The van der Waals surface area contributed by atoms with Crippen molar-refractivity contribution in [2.24, 2.45) is 0 Å². The molecular formula is C40H73NO8. The molecular weight excluding hydrogens is 622 g/mol. The lowest BCUT2D eigenvalue weighted by atomic mass is 9.99. The predicted molar refractivity (Wildman–Crippen MR) is 198 cm³/mol. The minimum absolute atomic E-state index is 0.200. The van der Waals surface area contributed by atoms with Crippen LogP contribution < -0.4 is 5.32 Å². The zero-order valence-electron chi connectivity index (χ0n) is 30.9. The fraction of sp³-hybridized carbons (Fsp3) is 0.825. The molecule has 1 heterocycles. The van der Waals surface area contributed by atoms with Gasteiger partial charge in [0.15, 0.2) is 6.29 Å². The van der Waals surface area contributed by atoms with Gasteiger partial charge in [0.25, 0.3) is 0 Å². The maximum Gasteiger partial charge on any atom is 0.220 e. The van der Waals surface area contributed by atoms with E-state index in [-0.39, 0.29) is 12.5 Å². The van der Waals surface area contributed by atoms with Crippen molar-refractivity contribution < 1.29 is 39.8 Å². The van der Waals surface area contributed by atoms with Crippen molar-refractivity contribution in [2.75, 3.05) is 13.2 Å². The number of aliphatic hydroxyl groups excluding tert-OH is 5. The van der Waals surface area contributed by atoms with Crippen LogP contribution in [0.1, 0.15) is 155 Å². The van der Waals surface area contributed by atoms with Crippen LogP contribution in [0.25, 0.3) is 0 Å². The predicted octanol–water partition coefficient (Wildman–Crippen LogP) is 6.94. The number of carbonyl (C=O) groups is 1. The number of nitrogens with one attached hydrogen (secondary N) is 1. The Labute approximate surface area is 298 Å². The Bertz CT molecular complexity index is 863. The zero-order chi connectivity index (χ0) is 36.0. The molecule has 0 radical (unpaired) electrons. The van der Waals surface area contributed by atoms with E-state index in [1.807, 2.05) is 6.08 Å². The first-order valence-electron chi connectivity index (χ1n) is 19.7. The first-order chi connectivity index (χ1) is 23.8. The number of amides is 1. The van der Waals surface area contributed by atoms with Crippen molar-refractivity contribution in [3.63, 3.8) is 0 Å². The van der Waals surface area contributed by atoms with E-state index in [0.717, 1.165) is 57.8 Å². The third-order valence-electron chi connectivity index (χ3n) is 9.19. The van der Waals surface area contributed by atoms with Crippen molar-refractivity contribution in [1.82, 2.24) is 5.32 Å². The number of rotatable bonds is 31. The molecule has 2 unspecified atom stereocenters. The van der Waals surface area contributed by atoms with Crippen LogP contribution in [0.5, 0.6) is 0 Å². The number of aliphatic hydroxyl groups is 5. The maximum absolute atomic E-state index is 12.9. The molecule has 7 atom stereocenters. The van der Waals surface area contributed by atoms with Crippen molar-refractivity contribution in [3.8, 4) is 0 Å². The zero-order valence-corrected chi connectivity index (χ0v) is 30.9. The Hall–Kier alpha value is -1.59. The highest BCUT2D eigenvalue weighted by Crippen LogP contribution is 2.22. The molecule has 1 rings (SSSR count). The number of allylic oxidation sites excluding steroid dienone is 5. The van der Waals surface area contributed by atoms with E-state index in [0.29, 0.717) is 6.42 Å². The molecule has 0 saturated carbocycles. The molecule has 0 spiro atoms. The molecule has 1 saturated heterocycles. The topological polar surface area (TPSA) is 149 Å². The van der Waals surface area contributed by atoms with Gasteiger partial charge in [-0.15, -0.1) is 0 Å². The van der Waals surface area contributed by atoms with Gasteiger partial charge < -0.3 is 40.3 Å². The maximum atomic E-state index is 12.9. The fourth-order valence-corrected chi connectivity index (χ4v) is 5.93. The molecule has 0 aromatic rings. The summed E-state index contributed by atoms with van der Waals surface area (Å²) in [4.78, 5) is 12.9. The van der Waals surface area contributed by atoms with E-state index in [4.69, 9.17) is 9.47 Å². The molecule has 9 heteroatoms. The Morgan fingerprint density at radius 3 is 1.71 bits per heavy atom. The van der Waals surface area contributed by atoms with E-state index in [1.54, 1.807) is 6.08 Å². The van der Waals surface area contributed by atoms with Gasteiger partial charge in [0.1, 0.15) is 24.4 Å². The summed E-state index contributed by atoms with van der Waals surface area (Å²) in [5.41, 5.74) is 0. The fourth-order valence-electron chi connectivity index (χ4n) is 5.93. The third kappa shape index (κ3) is 22.8. The Balaban J connectivity index is 2.48. The Morgan fingerprint density at radius 2 is 1.16 bits per heavy atom. The van der Waals surface area contributed by atoms with Crippen LogP contribution in [0.2, 0.25) is 0 Å². The summed E-state index contributed by atoms with van der Waals surface area (Å²) in [6, 6.07) is -0.821. The van der Waals surface area contributed by atoms with E-state index in [9.17, 15) is 30.3 Å². The van der Waals surface area contributed by atoms with Crippen LogP contribution >= 0.6 is 0 Å². The smallest absolute Gasteiger partial charge is 0.220 e. The molecule has 0 aromatic heterocycles. The summed E-state index contributed by atoms with van der Waals surface area (Å²) < 4.78 is 11.1. The summed E-state index contributed by atoms with van der Waals surface area (Å²) in [5.74, 6) is -0.200. The number of hydrogen-bond acceptors (Lipinski definition) is 8. The van der Waals surface area contributed by atoms with Crippen molar-refractivity contribution >= 4 is 5.91 Å². The number of hydrogen-bond donors (Lipinski definition) is 6. The number of unbranched alkanes of at least 4 members (excludes halogenated alkanes) is 17. The molecule has 1 fully saturated rings. The third-order valence-corrected chi connectivity index (χ3v) is 9.19. The number of ether oxygens (including phenoxy) is 2. The summed E-state index contributed by atoms with van der Waals surface area (Å²) in [7, 11) is 0. The average Bonchev–Trinajstić information content (AvgIpc) is 3.10. The van der Waals surface area contributed by atoms with E-state index in [1.165, 1.54) is 77.0 Å². The number of carbonyl (C=O) groups excluding carboxylic acids is 1. The highest BCUT2D eigenvalue weighted by atomic mass is 16.7. The second-order valence-electron chi connectivity index (χ2n) is 13.7. The molecule has 0 aliphatic carbocycles. The first-order valence-corrected chi connectivity index (χ1v) is 19.7. The van der Waals surface area contributed by atoms with Gasteiger partial charge in [-0.25, -0.2) is 0 Å². The van der Waals surface area contributed by atoms with Gasteiger partial charge in [-0.3, -0.25) is 4.79 Å². The second-order valence-corrected chi connectivity index (χ2v) is 13.7. The average molecular weight is 696 g/mol. The second kappa shape index (κ2) is 31.2. The van der Waals surface area contributed by atoms with Gasteiger partial charge in [0.2, 0.25) is 5.91 Å². The van der Waals surface area contributed by atoms with Crippen LogP contribution in [0.15, 0.2) is 36.5 Å². The van der Waals surface area contributed by atoms with Crippen LogP contribution in [0, 0.1) is 0 Å². The molecule has 49 heavy (non-hydrogen) atoms. The van der Waals surface area contributed by atoms with Crippen LogP contribution in [0.4, 0.5) is 0 Å². The highest BCUT2D eigenvalue weighted by Gasteiger charge is 2.44. The lowest BCUT2D eigenvalue weighted by Crippen LogP contribution is -2.60. The molecule has 286 valence electrons. The first kappa shape index (κ1) is 45.4. The SMILES string of the molecule is CCCCCCC/C=C/CCCCCCCC(=O)N[C@@H](CO[C@H]1O[C@@H](CO)[C@H](O)C(O)C1O)[C@H](O)/C=C/CC/C=C/CCCCCCCC. The van der Waals surface area contributed by atoms with Gasteiger partial charge in [-0.2, -0.15) is 0 Å². The standard InChI is InChI=1S/C40H73NO8/c1-3-5-7-9-11-13-15-17-18-20-22-24-26-28-30-36(44)41-33(32-48-40-39(47)38(46)37(45)35(31-42)49-40)34(43)29-27-25-23-21-19-16-14-12-10-8-6-4-2/h15,17,19,21,27,29,33-35,37-40,42-43,45-47H,3-14,16,18,20,22-26,28,30-32H2,1-2H3,(H,41,44)/b17-15+,21-19+,29-27+/t33-,34+,35-,37-,38?,39?,40-/m0/s1. The van der Waals surface area contributed by atoms with Crippen molar-refractivity contribution in [1.29, 1.82) is 0 Å². The summed E-state index contributed by atoms with van der Waals surface area (Å²) >= 11 is 0. The summed E-state index contributed by atoms with van der Waals surface area (Å²) in [5, 5.41) is 53.9. The monoisotopic (exact) mass is 696 g/mol. The molecule has 9 nitrogen and oxygen atoms in total. The molecule has 0 aromatic carbocycles. The summed E-state index contributed by atoms with van der Waals surface area (Å²) in [6.07, 6.45) is 29.0. The highest BCUT2D eigenvalue weighted by molar-refractivity contribution is 5.76. The van der Waals surface area contributed by atoms with E-state index in [2.05, 4.69) is 43.5 Å². The summed E-state index contributed by atoms with van der Waals surface area (Å²) in [6.45, 7) is 3.69. The molecule has 1 aliphatic rings. The van der Waals surface area contributed by atoms with Gasteiger partial charge in [-0.05, 0) is 57.8 Å². The lowest BCUT2D eigenvalue weighted by molar-refractivity contribution is -0.302. The van der Waals surface area contributed by atoms with Gasteiger partial charge >= 0.3 is 0 Å². The van der Waals surface area contributed by atoms with E-state index < -0.39 is 49.5 Å². The molecule has 1 amide bonds. The van der Waals surface area contributed by atoms with Crippen LogP contribution in [-0.2, 0) is 14.3 Å². The van der Waals surface area contributed by atoms with Gasteiger partial charge in [0.05, 0.1) is 25.4 Å². The molecule has 0 bridgehead atoms. The minimum atomic E-state index is -1.57. The minimum Gasteiger partial charge on any atom is -0.394 e. The van der Waals surface area contributed by atoms with Gasteiger partial charge in [-0.1, -0.05) is 127 Å². The quantitative estimate of drug-likeness (QED) is 0.0338. The van der Waals surface area contributed by atoms with E-state index >= 15 is 0 Å². The van der Waals surface area contributed by atoms with Gasteiger partial charge in [0, 0.05) is 6.42 Å². The van der Waals surface area contributed by atoms with Crippen molar-refractivity contribution in [2.45, 2.75) is 198 Å².